The number of rotatable bonds is 8. The molecule has 1 spiro atoms. The molecule has 3 aromatic rings. The van der Waals surface area contributed by atoms with Crippen LogP contribution in [0.2, 0.25) is 0 Å². The first-order valence-corrected chi connectivity index (χ1v) is 15.5. The number of aliphatic hydroxyl groups is 1. The summed E-state index contributed by atoms with van der Waals surface area (Å²) in [5.74, 6) is -13.1. The number of halogens is 5. The fourth-order valence-electron chi connectivity index (χ4n) is 6.31. The zero-order chi connectivity index (χ0) is 33.3. The van der Waals surface area contributed by atoms with Gasteiger partial charge in [-0.05, 0) is 16.7 Å². The standard InChI is InChI=1S/C34H35F5N2O6/c1-19-24(17-41-12-10-34(11-13-41)44-14-15-45-34)46-33(47-31(19)22-6-4-21(18-42)5-7-22)23-8-2-20(3-9-23)16-40-32(43)25-26(35)28(37)30(39)29(38)27(25)36/h2-9,19,24,31,33,42H,10-18H2,1H3,(H,40,43). The molecule has 0 aromatic heterocycles. The third-order valence-electron chi connectivity index (χ3n) is 9.13. The van der Waals surface area contributed by atoms with Crippen molar-refractivity contribution in [2.45, 2.75) is 57.2 Å². The molecule has 1 amide bonds. The van der Waals surface area contributed by atoms with Crippen molar-refractivity contribution in [3.63, 3.8) is 0 Å². The van der Waals surface area contributed by atoms with Gasteiger partial charge < -0.3 is 34.3 Å². The highest BCUT2D eigenvalue weighted by Gasteiger charge is 2.43. The Labute approximate surface area is 268 Å². The van der Waals surface area contributed by atoms with Crippen LogP contribution < -0.4 is 5.32 Å². The molecular weight excluding hydrogens is 627 g/mol. The Hall–Kier alpha value is -3.46. The van der Waals surface area contributed by atoms with Gasteiger partial charge >= 0.3 is 0 Å². The number of likely N-dealkylation sites (tertiary alicyclic amines) is 1. The predicted octanol–water partition coefficient (Wildman–Crippen LogP) is 5.43. The summed E-state index contributed by atoms with van der Waals surface area (Å²) in [6.45, 7) is 5.21. The maximum Gasteiger partial charge on any atom is 0.257 e. The molecule has 4 atom stereocenters. The van der Waals surface area contributed by atoms with E-state index < -0.39 is 52.6 Å². The Bertz CT molecular complexity index is 1550. The minimum atomic E-state index is -2.34. The van der Waals surface area contributed by atoms with E-state index in [0.29, 0.717) is 30.9 Å². The Morgan fingerprint density at radius 1 is 0.830 bits per heavy atom. The third-order valence-corrected chi connectivity index (χ3v) is 9.13. The second-order valence-electron chi connectivity index (χ2n) is 12.1. The Balaban J connectivity index is 1.16. The quantitative estimate of drug-likeness (QED) is 0.189. The van der Waals surface area contributed by atoms with Gasteiger partial charge in [-0.15, -0.1) is 0 Å². The summed E-state index contributed by atoms with van der Waals surface area (Å²) in [6, 6.07) is 14.3. The van der Waals surface area contributed by atoms with Crippen LogP contribution in [0.3, 0.4) is 0 Å². The van der Waals surface area contributed by atoms with Crippen LogP contribution in [-0.2, 0) is 32.1 Å². The van der Waals surface area contributed by atoms with E-state index in [0.717, 1.165) is 37.1 Å². The van der Waals surface area contributed by atoms with Crippen molar-refractivity contribution in [1.29, 1.82) is 0 Å². The number of piperidine rings is 1. The molecule has 4 unspecified atom stereocenters. The summed E-state index contributed by atoms with van der Waals surface area (Å²) in [7, 11) is 0. The highest BCUT2D eigenvalue weighted by molar-refractivity contribution is 5.94. The Kier molecular flexibility index (Phi) is 9.93. The Morgan fingerprint density at radius 2 is 1.38 bits per heavy atom. The largest absolute Gasteiger partial charge is 0.392 e. The summed E-state index contributed by atoms with van der Waals surface area (Å²) in [5, 5.41) is 11.7. The van der Waals surface area contributed by atoms with E-state index in [1.54, 1.807) is 24.3 Å². The van der Waals surface area contributed by atoms with Gasteiger partial charge in [-0.3, -0.25) is 4.79 Å². The molecule has 0 bridgehead atoms. The molecule has 0 saturated carbocycles. The smallest absolute Gasteiger partial charge is 0.257 e. The van der Waals surface area contributed by atoms with Crippen LogP contribution in [0, 0.1) is 35.0 Å². The monoisotopic (exact) mass is 662 g/mol. The molecule has 3 aromatic carbocycles. The maximum atomic E-state index is 14.1. The summed E-state index contributed by atoms with van der Waals surface area (Å²) >= 11 is 0. The van der Waals surface area contributed by atoms with Crippen LogP contribution in [0.15, 0.2) is 48.5 Å². The minimum Gasteiger partial charge on any atom is -0.392 e. The number of benzene rings is 3. The molecule has 3 aliphatic rings. The van der Waals surface area contributed by atoms with Gasteiger partial charge in [0.1, 0.15) is 5.56 Å². The molecule has 3 saturated heterocycles. The fraction of sp³-hybridized carbons (Fsp3) is 0.441. The summed E-state index contributed by atoms with van der Waals surface area (Å²) < 4.78 is 93.5. The van der Waals surface area contributed by atoms with Crippen LogP contribution in [0.4, 0.5) is 22.0 Å². The van der Waals surface area contributed by atoms with Gasteiger partial charge in [-0.25, -0.2) is 22.0 Å². The van der Waals surface area contributed by atoms with Gasteiger partial charge in [-0.1, -0.05) is 55.5 Å². The zero-order valence-corrected chi connectivity index (χ0v) is 25.6. The lowest BCUT2D eigenvalue weighted by Gasteiger charge is -2.44. The van der Waals surface area contributed by atoms with Crippen molar-refractivity contribution in [1.82, 2.24) is 10.2 Å². The normalized spacial score (nSPS) is 24.5. The van der Waals surface area contributed by atoms with Crippen molar-refractivity contribution < 1.29 is 50.8 Å². The fourth-order valence-corrected chi connectivity index (χ4v) is 6.31. The van der Waals surface area contributed by atoms with Gasteiger partial charge in [0.2, 0.25) is 5.82 Å². The van der Waals surface area contributed by atoms with E-state index in [1.165, 1.54) is 0 Å². The molecule has 47 heavy (non-hydrogen) atoms. The van der Waals surface area contributed by atoms with Crippen LogP contribution in [0.5, 0.6) is 0 Å². The molecule has 3 aliphatic heterocycles. The van der Waals surface area contributed by atoms with E-state index in [2.05, 4.69) is 17.1 Å². The highest BCUT2D eigenvalue weighted by Crippen LogP contribution is 2.42. The first kappa shape index (κ1) is 33.4. The number of aliphatic hydroxyl groups excluding tert-OH is 1. The highest BCUT2D eigenvalue weighted by atomic mass is 19.2. The van der Waals surface area contributed by atoms with E-state index in [4.69, 9.17) is 18.9 Å². The van der Waals surface area contributed by atoms with Gasteiger partial charge in [-0.2, -0.15) is 0 Å². The molecule has 0 aliphatic carbocycles. The van der Waals surface area contributed by atoms with Crippen LogP contribution in [0.25, 0.3) is 0 Å². The molecule has 8 nitrogen and oxygen atoms in total. The van der Waals surface area contributed by atoms with Crippen molar-refractivity contribution in [2.24, 2.45) is 5.92 Å². The summed E-state index contributed by atoms with van der Waals surface area (Å²) in [6.07, 6.45) is 0.235. The molecule has 252 valence electrons. The number of amides is 1. The molecule has 2 N–H and O–H groups in total. The van der Waals surface area contributed by atoms with E-state index in [9.17, 15) is 31.9 Å². The second-order valence-corrected chi connectivity index (χ2v) is 12.1. The third kappa shape index (κ3) is 6.92. The lowest BCUT2D eigenvalue weighted by Crippen LogP contribution is -2.50. The molecule has 6 rings (SSSR count). The number of carbonyl (C=O) groups excluding carboxylic acids is 1. The molecule has 13 heteroatoms. The van der Waals surface area contributed by atoms with Crippen molar-refractivity contribution in [3.05, 3.63) is 105 Å². The second kappa shape index (κ2) is 14.0. The lowest BCUT2D eigenvalue weighted by molar-refractivity contribution is -0.278. The number of ether oxygens (including phenoxy) is 4. The maximum absolute atomic E-state index is 14.1. The SMILES string of the molecule is CC1C(CN2CCC3(CC2)OCCO3)OC(c2ccc(CNC(=O)c3c(F)c(F)c(F)c(F)c3F)cc2)OC1c1ccc(CO)cc1. The first-order chi connectivity index (χ1) is 22.6. The lowest BCUT2D eigenvalue weighted by atomic mass is 9.89. The van der Waals surface area contributed by atoms with Crippen molar-refractivity contribution in [3.8, 4) is 0 Å². The van der Waals surface area contributed by atoms with Crippen molar-refractivity contribution in [2.75, 3.05) is 32.8 Å². The molecule has 3 heterocycles. The number of nitrogens with zero attached hydrogens (tertiary/aromatic N) is 1. The minimum absolute atomic E-state index is 0.0301. The number of hydrogen-bond donors (Lipinski definition) is 2. The first-order valence-electron chi connectivity index (χ1n) is 15.5. The average molecular weight is 663 g/mol. The van der Waals surface area contributed by atoms with Crippen molar-refractivity contribution >= 4 is 5.91 Å². The molecule has 3 fully saturated rings. The van der Waals surface area contributed by atoms with E-state index >= 15 is 0 Å². The predicted molar refractivity (Wildman–Crippen MR) is 157 cm³/mol. The molecular formula is C34H35F5N2O6. The van der Waals surface area contributed by atoms with Crippen LogP contribution >= 0.6 is 0 Å². The van der Waals surface area contributed by atoms with Gasteiger partial charge in [0.15, 0.2) is 35.3 Å². The number of nitrogens with one attached hydrogen (secondary N) is 1. The topological polar surface area (TPSA) is 89.5 Å². The van der Waals surface area contributed by atoms with E-state index in [1.807, 2.05) is 24.3 Å². The van der Waals surface area contributed by atoms with Gasteiger partial charge in [0.05, 0.1) is 32.0 Å². The van der Waals surface area contributed by atoms with E-state index in [-0.39, 0.29) is 31.3 Å². The van der Waals surface area contributed by atoms with Crippen LogP contribution in [-0.4, -0.2) is 60.7 Å². The van der Waals surface area contributed by atoms with Crippen LogP contribution in [0.1, 0.15) is 64.8 Å². The molecule has 0 radical (unpaired) electrons. The zero-order valence-electron chi connectivity index (χ0n) is 25.6. The average Bonchev–Trinajstić information content (AvgIpc) is 3.55. The Morgan fingerprint density at radius 3 is 1.98 bits per heavy atom. The summed E-state index contributed by atoms with van der Waals surface area (Å²) in [5.41, 5.74) is 1.35. The van der Waals surface area contributed by atoms with Gasteiger partial charge in [0.25, 0.3) is 5.91 Å². The number of hydrogen-bond acceptors (Lipinski definition) is 7. The number of carbonyl (C=O) groups is 1. The van der Waals surface area contributed by atoms with Gasteiger partial charge in [0, 0.05) is 50.5 Å². The summed E-state index contributed by atoms with van der Waals surface area (Å²) in [4.78, 5) is 14.7.